The first-order valence-electron chi connectivity index (χ1n) is 7.45. The van der Waals surface area contributed by atoms with Gasteiger partial charge in [-0.3, -0.25) is 4.79 Å². The summed E-state index contributed by atoms with van der Waals surface area (Å²) in [5.41, 5.74) is 1.89. The molecule has 0 amide bonds. The van der Waals surface area contributed by atoms with Crippen molar-refractivity contribution in [1.82, 2.24) is 0 Å². The number of hydrogen-bond acceptors (Lipinski definition) is 3. The van der Waals surface area contributed by atoms with Crippen molar-refractivity contribution in [2.75, 3.05) is 11.4 Å². The number of benzene rings is 1. The van der Waals surface area contributed by atoms with E-state index in [-0.39, 0.29) is 12.1 Å². The lowest BCUT2D eigenvalue weighted by atomic mass is 9.85. The van der Waals surface area contributed by atoms with Gasteiger partial charge in [-0.1, -0.05) is 31.0 Å². The molecule has 3 unspecified atom stereocenters. The van der Waals surface area contributed by atoms with Gasteiger partial charge in [0, 0.05) is 12.2 Å². The van der Waals surface area contributed by atoms with Gasteiger partial charge in [-0.25, -0.2) is 0 Å². The summed E-state index contributed by atoms with van der Waals surface area (Å²) in [5, 5.41) is 19.6. The van der Waals surface area contributed by atoms with Gasteiger partial charge in [0.2, 0.25) is 0 Å². The summed E-state index contributed by atoms with van der Waals surface area (Å²) >= 11 is 0. The van der Waals surface area contributed by atoms with Crippen LogP contribution in [0.1, 0.15) is 43.6 Å². The highest BCUT2D eigenvalue weighted by atomic mass is 16.4. The summed E-state index contributed by atoms with van der Waals surface area (Å²) in [7, 11) is 0. The van der Waals surface area contributed by atoms with Crippen molar-refractivity contribution in [3.63, 3.8) is 0 Å². The number of carboxylic acids is 1. The van der Waals surface area contributed by atoms with Crippen molar-refractivity contribution in [2.45, 2.75) is 50.2 Å². The highest BCUT2D eigenvalue weighted by molar-refractivity contribution is 5.80. The molecule has 1 fully saturated rings. The molecular formula is C16H21NO3. The van der Waals surface area contributed by atoms with Gasteiger partial charge in [0.25, 0.3) is 0 Å². The molecule has 0 radical (unpaired) electrons. The maximum Gasteiger partial charge on any atom is 0.311 e. The minimum Gasteiger partial charge on any atom is -0.481 e. The summed E-state index contributed by atoms with van der Waals surface area (Å²) in [6.45, 7) is 0.718. The molecule has 3 atom stereocenters. The summed E-state index contributed by atoms with van der Waals surface area (Å²) in [4.78, 5) is 13.6. The lowest BCUT2D eigenvalue weighted by Crippen LogP contribution is -2.48. The summed E-state index contributed by atoms with van der Waals surface area (Å²) in [6, 6.07) is 7.89. The lowest BCUT2D eigenvalue weighted by molar-refractivity contribution is -0.139. The smallest absolute Gasteiger partial charge is 0.311 e. The number of nitrogens with zero attached hydrogens (tertiary/aromatic N) is 1. The van der Waals surface area contributed by atoms with E-state index in [1.165, 1.54) is 0 Å². The molecule has 1 heterocycles. The maximum atomic E-state index is 11.4. The van der Waals surface area contributed by atoms with Crippen LogP contribution < -0.4 is 4.90 Å². The number of aliphatic carboxylic acids is 1. The first kappa shape index (κ1) is 13.4. The van der Waals surface area contributed by atoms with E-state index in [0.29, 0.717) is 6.42 Å². The van der Waals surface area contributed by atoms with Gasteiger partial charge in [-0.15, -0.1) is 0 Å². The third-order valence-electron chi connectivity index (χ3n) is 4.67. The number of rotatable bonds is 2. The molecule has 1 aromatic rings. The van der Waals surface area contributed by atoms with Gasteiger partial charge >= 0.3 is 5.97 Å². The van der Waals surface area contributed by atoms with Crippen LogP contribution in [0.25, 0.3) is 0 Å². The van der Waals surface area contributed by atoms with Crippen LogP contribution in [0.3, 0.4) is 0 Å². The van der Waals surface area contributed by atoms with E-state index < -0.39 is 11.9 Å². The quantitative estimate of drug-likeness (QED) is 0.870. The van der Waals surface area contributed by atoms with E-state index in [1.54, 1.807) is 0 Å². The largest absolute Gasteiger partial charge is 0.481 e. The topological polar surface area (TPSA) is 60.8 Å². The number of anilines is 1. The van der Waals surface area contributed by atoms with Crippen LogP contribution in [-0.4, -0.2) is 34.9 Å². The average Bonchev–Trinajstić information content (AvgIpc) is 2.46. The van der Waals surface area contributed by atoms with Gasteiger partial charge in [-0.05, 0) is 30.9 Å². The van der Waals surface area contributed by atoms with Gasteiger partial charge in [0.15, 0.2) is 0 Å². The fourth-order valence-corrected chi connectivity index (χ4v) is 3.64. The number of carboxylic acid groups (broad SMARTS) is 1. The molecule has 1 aromatic carbocycles. The molecule has 0 aromatic heterocycles. The number of para-hydroxylation sites is 1. The van der Waals surface area contributed by atoms with Crippen LogP contribution in [0.4, 0.5) is 5.69 Å². The fourth-order valence-electron chi connectivity index (χ4n) is 3.64. The van der Waals surface area contributed by atoms with Crippen molar-refractivity contribution in [3.8, 4) is 0 Å². The molecule has 1 aliphatic heterocycles. The van der Waals surface area contributed by atoms with Gasteiger partial charge < -0.3 is 15.1 Å². The summed E-state index contributed by atoms with van der Waals surface area (Å²) in [5.74, 6) is -1.16. The van der Waals surface area contributed by atoms with Crippen LogP contribution in [0, 0.1) is 0 Å². The molecular weight excluding hydrogens is 254 g/mol. The third-order valence-corrected chi connectivity index (χ3v) is 4.67. The molecule has 4 nitrogen and oxygen atoms in total. The Morgan fingerprint density at radius 3 is 2.65 bits per heavy atom. The van der Waals surface area contributed by atoms with Crippen molar-refractivity contribution in [3.05, 3.63) is 29.8 Å². The molecule has 4 heteroatoms. The monoisotopic (exact) mass is 275 g/mol. The van der Waals surface area contributed by atoms with E-state index in [2.05, 4.69) is 4.90 Å². The van der Waals surface area contributed by atoms with Crippen LogP contribution in [0.2, 0.25) is 0 Å². The fraction of sp³-hybridized carbons (Fsp3) is 0.562. The molecule has 2 N–H and O–H groups in total. The van der Waals surface area contributed by atoms with Crippen molar-refractivity contribution < 1.29 is 15.0 Å². The van der Waals surface area contributed by atoms with E-state index in [0.717, 1.165) is 43.5 Å². The predicted octanol–water partition coefficient (Wildman–Crippen LogP) is 2.37. The minimum absolute atomic E-state index is 0.139. The molecule has 20 heavy (non-hydrogen) atoms. The molecule has 108 valence electrons. The van der Waals surface area contributed by atoms with Crippen molar-refractivity contribution in [1.29, 1.82) is 0 Å². The Balaban J connectivity index is 1.94. The summed E-state index contributed by atoms with van der Waals surface area (Å²) < 4.78 is 0. The normalized spacial score (nSPS) is 29.9. The standard InChI is InChI=1S/C16H21NO3/c18-15-8-4-3-7-14(15)17-10-9-12(16(19)20)11-5-1-2-6-13(11)17/h1-2,5-6,12,14-15,18H,3-4,7-10H2,(H,19,20). The first-order valence-corrected chi connectivity index (χ1v) is 7.45. The predicted molar refractivity (Wildman–Crippen MR) is 77.0 cm³/mol. The molecule has 3 rings (SSSR count). The highest BCUT2D eigenvalue weighted by Gasteiger charge is 2.35. The Morgan fingerprint density at radius 2 is 1.90 bits per heavy atom. The number of aliphatic hydroxyl groups excluding tert-OH is 1. The van der Waals surface area contributed by atoms with E-state index >= 15 is 0 Å². The molecule has 2 aliphatic rings. The second-order valence-electron chi connectivity index (χ2n) is 5.85. The van der Waals surface area contributed by atoms with E-state index in [1.807, 2.05) is 24.3 Å². The molecule has 0 bridgehead atoms. The summed E-state index contributed by atoms with van der Waals surface area (Å²) in [6.07, 6.45) is 4.40. The Morgan fingerprint density at radius 1 is 1.15 bits per heavy atom. The van der Waals surface area contributed by atoms with E-state index in [9.17, 15) is 15.0 Å². The second-order valence-corrected chi connectivity index (χ2v) is 5.85. The maximum absolute atomic E-state index is 11.4. The van der Waals surface area contributed by atoms with Gasteiger partial charge in [0.1, 0.15) is 0 Å². The number of aliphatic hydroxyl groups is 1. The molecule has 0 saturated heterocycles. The van der Waals surface area contributed by atoms with Crippen LogP contribution in [0.15, 0.2) is 24.3 Å². The Bertz CT molecular complexity index is 502. The van der Waals surface area contributed by atoms with Crippen LogP contribution in [0.5, 0.6) is 0 Å². The molecule has 1 saturated carbocycles. The average molecular weight is 275 g/mol. The zero-order chi connectivity index (χ0) is 14.1. The Kier molecular flexibility index (Phi) is 3.66. The number of fused-ring (bicyclic) bond motifs is 1. The second kappa shape index (κ2) is 5.44. The lowest BCUT2D eigenvalue weighted by Gasteiger charge is -2.43. The van der Waals surface area contributed by atoms with Gasteiger partial charge in [0.05, 0.1) is 18.1 Å². The van der Waals surface area contributed by atoms with Gasteiger partial charge in [-0.2, -0.15) is 0 Å². The highest BCUT2D eigenvalue weighted by Crippen LogP contribution is 2.38. The van der Waals surface area contributed by atoms with E-state index in [4.69, 9.17) is 0 Å². The molecule has 0 spiro atoms. The Hall–Kier alpha value is -1.55. The van der Waals surface area contributed by atoms with Crippen molar-refractivity contribution in [2.24, 2.45) is 0 Å². The Labute approximate surface area is 119 Å². The number of hydrogen-bond donors (Lipinski definition) is 2. The zero-order valence-electron chi connectivity index (χ0n) is 11.5. The third kappa shape index (κ3) is 2.29. The van der Waals surface area contributed by atoms with Crippen molar-refractivity contribution >= 4 is 11.7 Å². The molecule has 1 aliphatic carbocycles. The van der Waals surface area contributed by atoms with Crippen LogP contribution in [-0.2, 0) is 4.79 Å². The zero-order valence-corrected chi connectivity index (χ0v) is 11.5. The minimum atomic E-state index is -0.749. The van der Waals surface area contributed by atoms with Crippen LogP contribution >= 0.6 is 0 Å². The first-order chi connectivity index (χ1) is 9.68. The SMILES string of the molecule is O=C(O)C1CCN(C2CCCCC2O)c2ccccc21. The number of carbonyl (C=O) groups is 1.